The topological polar surface area (TPSA) is 45.9 Å². The molecule has 0 unspecified atom stereocenters. The molecule has 0 aliphatic rings. The second kappa shape index (κ2) is 6.32. The second-order valence-electron chi connectivity index (χ2n) is 3.93. The smallest absolute Gasteiger partial charge is 0.221 e. The zero-order valence-electron chi connectivity index (χ0n) is 10.5. The molecule has 2 rings (SSSR count). The van der Waals surface area contributed by atoms with Gasteiger partial charge in [-0.2, -0.15) is 5.26 Å². The first-order chi connectivity index (χ1) is 9.58. The number of benzene rings is 1. The summed E-state index contributed by atoms with van der Waals surface area (Å²) in [5, 5.41) is 10.1. The zero-order valence-corrected chi connectivity index (χ0v) is 12.7. The van der Waals surface area contributed by atoms with E-state index < -0.39 is 0 Å². The van der Waals surface area contributed by atoms with E-state index >= 15 is 0 Å². The molecule has 6 heteroatoms. The van der Waals surface area contributed by atoms with Crippen LogP contribution in [0.2, 0.25) is 15.1 Å². The summed E-state index contributed by atoms with van der Waals surface area (Å²) in [7, 11) is 1.50. The summed E-state index contributed by atoms with van der Waals surface area (Å²) in [6.45, 7) is 0. The van der Waals surface area contributed by atoms with Gasteiger partial charge in [0.2, 0.25) is 5.88 Å². The minimum absolute atomic E-state index is 0.198. The highest BCUT2D eigenvalue weighted by Gasteiger charge is 2.19. The number of nitriles is 1. The van der Waals surface area contributed by atoms with Gasteiger partial charge < -0.3 is 4.74 Å². The lowest BCUT2D eigenvalue weighted by molar-refractivity contribution is 0.399. The Hall–Kier alpha value is -1.47. The van der Waals surface area contributed by atoms with E-state index in [-0.39, 0.29) is 6.42 Å². The van der Waals surface area contributed by atoms with Crippen LogP contribution in [0.5, 0.6) is 5.88 Å². The van der Waals surface area contributed by atoms with Crippen LogP contribution in [-0.4, -0.2) is 12.1 Å². The summed E-state index contributed by atoms with van der Waals surface area (Å²) in [5.74, 6) is 0.365. The number of aromatic nitrogens is 1. The van der Waals surface area contributed by atoms with E-state index in [0.29, 0.717) is 32.1 Å². The van der Waals surface area contributed by atoms with Gasteiger partial charge in [-0.3, -0.25) is 0 Å². The first-order valence-corrected chi connectivity index (χ1v) is 6.75. The minimum Gasteiger partial charge on any atom is -0.481 e. The lowest BCUT2D eigenvalue weighted by atomic mass is 9.99. The zero-order chi connectivity index (χ0) is 14.7. The first kappa shape index (κ1) is 14.9. The van der Waals surface area contributed by atoms with E-state index in [9.17, 15) is 0 Å². The van der Waals surface area contributed by atoms with Crippen LogP contribution in [0.15, 0.2) is 24.4 Å². The molecule has 0 aliphatic carbocycles. The molecule has 0 saturated heterocycles. The quantitative estimate of drug-likeness (QED) is 0.814. The molecule has 1 aromatic carbocycles. The molecule has 0 N–H and O–H groups in total. The molecule has 102 valence electrons. The van der Waals surface area contributed by atoms with E-state index in [1.807, 2.05) is 0 Å². The van der Waals surface area contributed by atoms with Gasteiger partial charge >= 0.3 is 0 Å². The van der Waals surface area contributed by atoms with Gasteiger partial charge in [0.05, 0.1) is 35.2 Å². The molecular weight excluding hydrogens is 319 g/mol. The van der Waals surface area contributed by atoms with Gasteiger partial charge in [-0.05, 0) is 23.8 Å². The Kier molecular flexibility index (Phi) is 4.72. The van der Waals surface area contributed by atoms with Crippen molar-refractivity contribution in [3.8, 4) is 23.1 Å². The second-order valence-corrected chi connectivity index (χ2v) is 5.18. The molecule has 1 aromatic heterocycles. The number of pyridine rings is 1. The summed E-state index contributed by atoms with van der Waals surface area (Å²) in [6, 6.07) is 7.02. The van der Waals surface area contributed by atoms with E-state index in [0.717, 1.165) is 5.56 Å². The van der Waals surface area contributed by atoms with Crippen LogP contribution < -0.4 is 4.74 Å². The third-order valence-corrected chi connectivity index (χ3v) is 3.54. The van der Waals surface area contributed by atoms with Gasteiger partial charge in [-0.1, -0.05) is 34.8 Å². The van der Waals surface area contributed by atoms with Gasteiger partial charge in [0.15, 0.2) is 0 Å². The SMILES string of the molecule is COc1nccc(CC#N)c1-c1c(Cl)cc(Cl)cc1Cl. The van der Waals surface area contributed by atoms with Crippen LogP contribution >= 0.6 is 34.8 Å². The van der Waals surface area contributed by atoms with Crippen LogP contribution in [0.25, 0.3) is 11.1 Å². The number of ether oxygens (including phenoxy) is 1. The van der Waals surface area contributed by atoms with E-state index in [1.54, 1.807) is 24.4 Å². The fraction of sp³-hybridized carbons (Fsp3) is 0.143. The molecule has 0 spiro atoms. The summed E-state index contributed by atoms with van der Waals surface area (Å²) < 4.78 is 5.26. The molecule has 1 heterocycles. The van der Waals surface area contributed by atoms with Gasteiger partial charge in [-0.25, -0.2) is 4.98 Å². The summed E-state index contributed by atoms with van der Waals surface area (Å²) in [4.78, 5) is 4.14. The van der Waals surface area contributed by atoms with Crippen LogP contribution in [0, 0.1) is 11.3 Å². The van der Waals surface area contributed by atoms with Crippen molar-refractivity contribution < 1.29 is 4.74 Å². The Morgan fingerprint density at radius 2 is 1.85 bits per heavy atom. The summed E-state index contributed by atoms with van der Waals surface area (Å²) in [6.07, 6.45) is 1.77. The summed E-state index contributed by atoms with van der Waals surface area (Å²) in [5.41, 5.74) is 1.92. The molecule has 0 bridgehead atoms. The van der Waals surface area contributed by atoms with Crippen molar-refractivity contribution in [2.45, 2.75) is 6.42 Å². The number of nitrogens with zero attached hydrogens (tertiary/aromatic N) is 2. The van der Waals surface area contributed by atoms with Crippen molar-refractivity contribution in [3.63, 3.8) is 0 Å². The molecular formula is C14H9Cl3N2O. The largest absolute Gasteiger partial charge is 0.481 e. The van der Waals surface area contributed by atoms with Crippen molar-refractivity contribution in [2.75, 3.05) is 7.11 Å². The predicted molar refractivity (Wildman–Crippen MR) is 80.6 cm³/mol. The van der Waals surface area contributed by atoms with Gasteiger partial charge in [-0.15, -0.1) is 0 Å². The maximum absolute atomic E-state index is 8.94. The van der Waals surface area contributed by atoms with Gasteiger partial charge in [0, 0.05) is 16.8 Å². The summed E-state index contributed by atoms with van der Waals surface area (Å²) >= 11 is 18.4. The van der Waals surface area contributed by atoms with Gasteiger partial charge in [0.25, 0.3) is 0 Å². The molecule has 0 atom stereocenters. The average Bonchev–Trinajstić information content (AvgIpc) is 2.39. The highest BCUT2D eigenvalue weighted by Crippen LogP contribution is 2.42. The number of methoxy groups -OCH3 is 1. The molecule has 0 aliphatic heterocycles. The Labute approximate surface area is 131 Å². The lowest BCUT2D eigenvalue weighted by Gasteiger charge is -2.14. The first-order valence-electron chi connectivity index (χ1n) is 5.62. The fourth-order valence-electron chi connectivity index (χ4n) is 1.92. The Morgan fingerprint density at radius 3 is 2.40 bits per heavy atom. The monoisotopic (exact) mass is 326 g/mol. The third kappa shape index (κ3) is 2.83. The third-order valence-electron chi connectivity index (χ3n) is 2.72. The number of hydrogen-bond acceptors (Lipinski definition) is 3. The van der Waals surface area contributed by atoms with Crippen molar-refractivity contribution in [3.05, 3.63) is 45.0 Å². The maximum Gasteiger partial charge on any atom is 0.221 e. The predicted octanol–water partition coefficient (Wildman–Crippen LogP) is 4.78. The molecule has 3 nitrogen and oxygen atoms in total. The normalized spacial score (nSPS) is 10.2. The molecule has 2 aromatic rings. The molecule has 0 amide bonds. The molecule has 0 fully saturated rings. The van der Waals surface area contributed by atoms with Gasteiger partial charge in [0.1, 0.15) is 0 Å². The molecule has 20 heavy (non-hydrogen) atoms. The highest BCUT2D eigenvalue weighted by molar-refractivity contribution is 6.42. The van der Waals surface area contributed by atoms with Crippen molar-refractivity contribution in [1.82, 2.24) is 4.98 Å². The maximum atomic E-state index is 8.94. The van der Waals surface area contributed by atoms with E-state index in [1.165, 1.54) is 7.11 Å². The van der Waals surface area contributed by atoms with Crippen molar-refractivity contribution in [2.24, 2.45) is 0 Å². The van der Waals surface area contributed by atoms with Crippen molar-refractivity contribution >= 4 is 34.8 Å². The Bertz CT molecular complexity index is 672. The van der Waals surface area contributed by atoms with Crippen LogP contribution in [-0.2, 0) is 6.42 Å². The molecule has 0 radical (unpaired) electrons. The van der Waals surface area contributed by atoms with Crippen LogP contribution in [0.1, 0.15) is 5.56 Å². The van der Waals surface area contributed by atoms with E-state index in [2.05, 4.69) is 11.1 Å². The Morgan fingerprint density at radius 1 is 1.20 bits per heavy atom. The van der Waals surface area contributed by atoms with Crippen LogP contribution in [0.4, 0.5) is 0 Å². The number of halogens is 3. The lowest BCUT2D eigenvalue weighted by Crippen LogP contribution is -1.98. The fourth-order valence-corrected chi connectivity index (χ4v) is 2.92. The van der Waals surface area contributed by atoms with Crippen LogP contribution in [0.3, 0.4) is 0 Å². The number of rotatable bonds is 3. The highest BCUT2D eigenvalue weighted by atomic mass is 35.5. The Balaban J connectivity index is 2.78. The molecule has 0 saturated carbocycles. The van der Waals surface area contributed by atoms with Crippen molar-refractivity contribution in [1.29, 1.82) is 5.26 Å². The van der Waals surface area contributed by atoms with E-state index in [4.69, 9.17) is 44.8 Å². The minimum atomic E-state index is 0.198. The standard InChI is InChI=1S/C14H9Cl3N2O/c1-20-14-12(8(2-4-18)3-5-19-14)13-10(16)6-9(15)7-11(13)17/h3,5-7H,2H2,1H3. The number of hydrogen-bond donors (Lipinski definition) is 0. The average molecular weight is 328 g/mol.